The zero-order valence-electron chi connectivity index (χ0n) is 9.40. The van der Waals surface area contributed by atoms with Crippen LogP contribution in [-0.2, 0) is 11.2 Å². The van der Waals surface area contributed by atoms with Gasteiger partial charge in [0, 0.05) is 5.41 Å². The Labute approximate surface area is 98.9 Å². The molecule has 1 aliphatic carbocycles. The number of carbonyl (C=O) groups is 1. The highest BCUT2D eigenvalue weighted by molar-refractivity contribution is 5.73. The van der Waals surface area contributed by atoms with Gasteiger partial charge in [0.1, 0.15) is 5.82 Å². The van der Waals surface area contributed by atoms with Gasteiger partial charge in [0.05, 0.1) is 0 Å². The van der Waals surface area contributed by atoms with E-state index in [1.165, 1.54) is 12.1 Å². The summed E-state index contributed by atoms with van der Waals surface area (Å²) in [5.74, 6) is -1.43. The Morgan fingerprint density at radius 1 is 1.35 bits per heavy atom. The molecule has 4 heteroatoms. The van der Waals surface area contributed by atoms with Gasteiger partial charge in [0.2, 0.25) is 0 Å². The lowest BCUT2D eigenvalue weighted by atomic mass is 9.91. The first kappa shape index (κ1) is 12.0. The minimum atomic E-state index is -1.28. The lowest BCUT2D eigenvalue weighted by Gasteiger charge is -2.18. The predicted molar refractivity (Wildman–Crippen MR) is 60.0 cm³/mol. The topological polar surface area (TPSA) is 57.5 Å². The highest BCUT2D eigenvalue weighted by atomic mass is 19.1. The molecule has 0 spiro atoms. The standard InChI is InChI=1S/C13H15FO3/c14-10-3-1-9(2-4-10)5-6-13(7-8-13)11(15)12(16)17/h1-4,11,15H,5-8H2,(H,16,17). The van der Waals surface area contributed by atoms with Crippen molar-refractivity contribution < 1.29 is 19.4 Å². The number of hydrogen-bond acceptors (Lipinski definition) is 2. The van der Waals surface area contributed by atoms with Crippen molar-refractivity contribution in [3.63, 3.8) is 0 Å². The number of aliphatic hydroxyl groups excluding tert-OH is 1. The maximum atomic E-state index is 12.7. The van der Waals surface area contributed by atoms with Gasteiger partial charge in [-0.25, -0.2) is 9.18 Å². The Hall–Kier alpha value is -1.42. The van der Waals surface area contributed by atoms with E-state index < -0.39 is 17.5 Å². The molecule has 0 aliphatic heterocycles. The minimum Gasteiger partial charge on any atom is -0.479 e. The SMILES string of the molecule is O=C(O)C(O)C1(CCc2ccc(F)cc2)CC1. The van der Waals surface area contributed by atoms with Gasteiger partial charge in [-0.15, -0.1) is 0 Å². The molecule has 1 aromatic rings. The highest BCUT2D eigenvalue weighted by Crippen LogP contribution is 2.52. The van der Waals surface area contributed by atoms with Crippen molar-refractivity contribution in [2.45, 2.75) is 31.8 Å². The smallest absolute Gasteiger partial charge is 0.333 e. The van der Waals surface area contributed by atoms with Crippen molar-refractivity contribution >= 4 is 5.97 Å². The first-order chi connectivity index (χ1) is 8.03. The molecule has 2 rings (SSSR count). The Morgan fingerprint density at radius 2 is 1.94 bits per heavy atom. The molecule has 92 valence electrons. The number of aliphatic hydroxyl groups is 1. The average molecular weight is 238 g/mol. The molecule has 1 aromatic carbocycles. The van der Waals surface area contributed by atoms with Crippen LogP contribution in [0.5, 0.6) is 0 Å². The number of aliphatic carboxylic acids is 1. The zero-order chi connectivity index (χ0) is 12.5. The van der Waals surface area contributed by atoms with Crippen molar-refractivity contribution in [2.75, 3.05) is 0 Å². The number of hydrogen-bond donors (Lipinski definition) is 2. The van der Waals surface area contributed by atoms with Gasteiger partial charge >= 0.3 is 5.97 Å². The van der Waals surface area contributed by atoms with Crippen LogP contribution in [0.15, 0.2) is 24.3 Å². The molecule has 0 bridgehead atoms. The second kappa shape index (κ2) is 4.45. The van der Waals surface area contributed by atoms with Gasteiger partial charge in [0.25, 0.3) is 0 Å². The fourth-order valence-electron chi connectivity index (χ4n) is 2.13. The molecule has 3 nitrogen and oxygen atoms in total. The summed E-state index contributed by atoms with van der Waals surface area (Å²) in [6, 6.07) is 6.17. The van der Waals surface area contributed by atoms with Crippen LogP contribution in [0.3, 0.4) is 0 Å². The van der Waals surface area contributed by atoms with Gasteiger partial charge in [-0.3, -0.25) is 0 Å². The van der Waals surface area contributed by atoms with E-state index in [9.17, 15) is 14.3 Å². The van der Waals surface area contributed by atoms with E-state index in [0.29, 0.717) is 12.8 Å². The van der Waals surface area contributed by atoms with Gasteiger partial charge in [-0.05, 0) is 43.4 Å². The van der Waals surface area contributed by atoms with Crippen molar-refractivity contribution in [3.05, 3.63) is 35.6 Å². The van der Waals surface area contributed by atoms with Crippen molar-refractivity contribution in [1.29, 1.82) is 0 Å². The van der Waals surface area contributed by atoms with E-state index >= 15 is 0 Å². The largest absolute Gasteiger partial charge is 0.479 e. The van der Waals surface area contributed by atoms with Crippen molar-refractivity contribution in [2.24, 2.45) is 5.41 Å². The normalized spacial score (nSPS) is 18.7. The first-order valence-corrected chi connectivity index (χ1v) is 5.69. The highest BCUT2D eigenvalue weighted by Gasteiger charge is 2.51. The zero-order valence-corrected chi connectivity index (χ0v) is 9.40. The second-order valence-electron chi connectivity index (χ2n) is 4.73. The summed E-state index contributed by atoms with van der Waals surface area (Å²) in [6.45, 7) is 0. The molecule has 0 heterocycles. The van der Waals surface area contributed by atoms with E-state index in [-0.39, 0.29) is 5.82 Å². The third-order valence-electron chi connectivity index (χ3n) is 3.53. The van der Waals surface area contributed by atoms with Crippen molar-refractivity contribution in [1.82, 2.24) is 0 Å². The molecule has 1 unspecified atom stereocenters. The molecule has 1 atom stereocenters. The van der Waals surface area contributed by atoms with E-state index in [1.807, 2.05) is 0 Å². The van der Waals surface area contributed by atoms with Crippen LogP contribution in [0.25, 0.3) is 0 Å². The predicted octanol–water partition coefficient (Wildman–Crippen LogP) is 1.98. The number of benzene rings is 1. The lowest BCUT2D eigenvalue weighted by Crippen LogP contribution is -2.31. The Morgan fingerprint density at radius 3 is 2.41 bits per heavy atom. The number of aryl methyl sites for hydroxylation is 1. The Kier molecular flexibility index (Phi) is 3.15. The van der Waals surface area contributed by atoms with Gasteiger partial charge in [0.15, 0.2) is 6.10 Å². The average Bonchev–Trinajstić information content (AvgIpc) is 3.08. The van der Waals surface area contributed by atoms with Crippen LogP contribution in [0.1, 0.15) is 24.8 Å². The second-order valence-corrected chi connectivity index (χ2v) is 4.73. The molecule has 1 aliphatic rings. The fraction of sp³-hybridized carbons (Fsp3) is 0.462. The summed E-state index contributed by atoms with van der Waals surface area (Å²) in [5.41, 5.74) is 0.510. The third-order valence-corrected chi connectivity index (χ3v) is 3.53. The maximum absolute atomic E-state index is 12.7. The monoisotopic (exact) mass is 238 g/mol. The molecule has 0 aromatic heterocycles. The van der Waals surface area contributed by atoms with E-state index in [0.717, 1.165) is 18.4 Å². The van der Waals surface area contributed by atoms with E-state index in [2.05, 4.69) is 0 Å². The van der Waals surface area contributed by atoms with Crippen LogP contribution in [0.4, 0.5) is 4.39 Å². The Bertz CT molecular complexity index is 409. The molecule has 17 heavy (non-hydrogen) atoms. The van der Waals surface area contributed by atoms with Crippen LogP contribution < -0.4 is 0 Å². The quantitative estimate of drug-likeness (QED) is 0.824. The molecule has 1 saturated carbocycles. The Balaban J connectivity index is 1.94. The van der Waals surface area contributed by atoms with Crippen LogP contribution in [-0.4, -0.2) is 22.3 Å². The summed E-state index contributed by atoms with van der Waals surface area (Å²) in [7, 11) is 0. The van der Waals surface area contributed by atoms with E-state index in [4.69, 9.17) is 5.11 Å². The fourth-order valence-corrected chi connectivity index (χ4v) is 2.13. The molecular weight excluding hydrogens is 223 g/mol. The number of carboxylic acid groups (broad SMARTS) is 1. The van der Waals surface area contributed by atoms with Gasteiger partial charge in [-0.1, -0.05) is 12.1 Å². The van der Waals surface area contributed by atoms with Crippen LogP contribution in [0, 0.1) is 11.2 Å². The van der Waals surface area contributed by atoms with Gasteiger partial charge in [-0.2, -0.15) is 0 Å². The van der Waals surface area contributed by atoms with Gasteiger partial charge < -0.3 is 10.2 Å². The molecule has 0 radical (unpaired) electrons. The lowest BCUT2D eigenvalue weighted by molar-refractivity contribution is -0.150. The van der Waals surface area contributed by atoms with Crippen LogP contribution >= 0.6 is 0 Å². The number of rotatable bonds is 5. The summed E-state index contributed by atoms with van der Waals surface area (Å²) in [4.78, 5) is 10.7. The number of carboxylic acids is 1. The van der Waals surface area contributed by atoms with Crippen molar-refractivity contribution in [3.8, 4) is 0 Å². The maximum Gasteiger partial charge on any atom is 0.333 e. The summed E-state index contributed by atoms with van der Waals surface area (Å²) < 4.78 is 12.7. The van der Waals surface area contributed by atoms with E-state index in [1.54, 1.807) is 12.1 Å². The molecule has 2 N–H and O–H groups in total. The first-order valence-electron chi connectivity index (χ1n) is 5.69. The third kappa shape index (κ3) is 2.64. The molecule has 0 amide bonds. The summed E-state index contributed by atoms with van der Waals surface area (Å²) in [6.07, 6.45) is 1.53. The summed E-state index contributed by atoms with van der Waals surface area (Å²) in [5, 5.41) is 18.4. The summed E-state index contributed by atoms with van der Waals surface area (Å²) >= 11 is 0. The molecular formula is C13H15FO3. The molecule has 1 fully saturated rings. The van der Waals surface area contributed by atoms with Crippen LogP contribution in [0.2, 0.25) is 0 Å². The molecule has 0 saturated heterocycles. The minimum absolute atomic E-state index is 0.277. The number of halogens is 1.